The summed E-state index contributed by atoms with van der Waals surface area (Å²) in [5.74, 6) is -2.31. The van der Waals surface area contributed by atoms with Crippen LogP contribution in [0.5, 0.6) is 11.5 Å². The van der Waals surface area contributed by atoms with E-state index in [1.807, 2.05) is 0 Å². The number of nitrogens with two attached hydrogens (primary N) is 5. The van der Waals surface area contributed by atoms with Crippen LogP contribution in [0.25, 0.3) is 16.7 Å². The van der Waals surface area contributed by atoms with Crippen molar-refractivity contribution in [2.75, 3.05) is 26.2 Å². The van der Waals surface area contributed by atoms with Crippen LogP contribution in [0.3, 0.4) is 0 Å². The molecule has 0 spiro atoms. The molecule has 0 aromatic heterocycles. The van der Waals surface area contributed by atoms with Gasteiger partial charge in [0.2, 0.25) is 17.7 Å². The molecule has 0 unspecified atom stereocenters. The van der Waals surface area contributed by atoms with Gasteiger partial charge in [0.15, 0.2) is 0 Å². The number of hydrogen-bond acceptors (Lipinski definition) is 11. The van der Waals surface area contributed by atoms with E-state index in [4.69, 9.17) is 28.7 Å². The molecule has 0 saturated carbocycles. The summed E-state index contributed by atoms with van der Waals surface area (Å²) in [5.41, 5.74) is 31.7. The van der Waals surface area contributed by atoms with Crippen LogP contribution >= 0.6 is 0 Å². The molecular formula is C35H53N9O6. The first kappa shape index (κ1) is 39.9. The summed E-state index contributed by atoms with van der Waals surface area (Å²) in [6, 6.07) is 6.88. The maximum absolute atomic E-state index is 13.7. The Morgan fingerprint density at radius 1 is 0.900 bits per heavy atom. The number of rotatable bonds is 15. The maximum Gasteiger partial charge on any atom is 0.268 e. The van der Waals surface area contributed by atoms with Gasteiger partial charge in [0, 0.05) is 43.6 Å². The summed E-state index contributed by atoms with van der Waals surface area (Å²) >= 11 is 0. The van der Waals surface area contributed by atoms with E-state index in [2.05, 4.69) is 21.3 Å². The van der Waals surface area contributed by atoms with Gasteiger partial charge < -0.3 is 60.1 Å². The molecule has 0 saturated heterocycles. The molecule has 4 atom stereocenters. The highest BCUT2D eigenvalue weighted by Gasteiger charge is 2.28. The van der Waals surface area contributed by atoms with Crippen LogP contribution in [0.1, 0.15) is 63.0 Å². The Hall–Kier alpha value is -4.54. The molecule has 1 aliphatic rings. The van der Waals surface area contributed by atoms with Gasteiger partial charge in [-0.25, -0.2) is 0 Å². The molecule has 50 heavy (non-hydrogen) atoms. The number of amides is 4. The molecule has 3 rings (SSSR count). The van der Waals surface area contributed by atoms with Crippen LogP contribution < -0.4 is 49.9 Å². The number of fused-ring (bicyclic) bond motifs is 5. The van der Waals surface area contributed by atoms with Crippen LogP contribution in [0.15, 0.2) is 42.1 Å². The zero-order valence-electron chi connectivity index (χ0n) is 28.7. The first-order chi connectivity index (χ1) is 23.8. The summed E-state index contributed by atoms with van der Waals surface area (Å²) < 4.78 is 0. The number of allylic oxidation sites excluding steroid dienone is 1. The van der Waals surface area contributed by atoms with E-state index in [-0.39, 0.29) is 72.6 Å². The molecule has 16 N–H and O–H groups in total. The zero-order chi connectivity index (χ0) is 36.8. The van der Waals surface area contributed by atoms with Gasteiger partial charge in [-0.2, -0.15) is 0 Å². The van der Waals surface area contributed by atoms with Gasteiger partial charge in [-0.3, -0.25) is 19.2 Å². The van der Waals surface area contributed by atoms with Crippen molar-refractivity contribution in [3.8, 4) is 22.6 Å². The van der Waals surface area contributed by atoms with Crippen molar-refractivity contribution in [1.82, 2.24) is 21.3 Å². The van der Waals surface area contributed by atoms with Crippen LogP contribution in [0.2, 0.25) is 0 Å². The van der Waals surface area contributed by atoms with E-state index in [0.29, 0.717) is 55.5 Å². The Labute approximate surface area is 292 Å². The van der Waals surface area contributed by atoms with Crippen LogP contribution in [0, 0.1) is 0 Å². The van der Waals surface area contributed by atoms with E-state index >= 15 is 0 Å². The van der Waals surface area contributed by atoms with Crippen molar-refractivity contribution < 1.29 is 29.4 Å². The number of phenolic OH excluding ortho intramolecular Hbond substituents is 2. The van der Waals surface area contributed by atoms with E-state index in [1.54, 1.807) is 31.2 Å². The second kappa shape index (κ2) is 19.6. The van der Waals surface area contributed by atoms with E-state index in [1.165, 1.54) is 12.1 Å². The molecule has 0 radical (unpaired) electrons. The second-order valence-corrected chi connectivity index (χ2v) is 12.7. The first-order valence-corrected chi connectivity index (χ1v) is 17.0. The fraction of sp³-hybridized carbons (Fsp3) is 0.486. The fourth-order valence-corrected chi connectivity index (χ4v) is 5.60. The quantitative estimate of drug-likeness (QED) is 0.106. The van der Waals surface area contributed by atoms with Crippen molar-refractivity contribution in [2.45, 2.75) is 82.5 Å². The molecule has 15 heteroatoms. The number of phenols is 2. The predicted octanol–water partition coefficient (Wildman–Crippen LogP) is -0.485. The van der Waals surface area contributed by atoms with Crippen molar-refractivity contribution in [3.63, 3.8) is 0 Å². The third kappa shape index (κ3) is 11.8. The molecule has 0 aliphatic carbocycles. The summed E-state index contributed by atoms with van der Waals surface area (Å²) in [7, 11) is 0. The lowest BCUT2D eigenvalue weighted by Crippen LogP contribution is -2.53. The van der Waals surface area contributed by atoms with Gasteiger partial charge in [0.1, 0.15) is 23.2 Å². The number of aromatic hydroxyl groups is 2. The molecule has 2 aromatic carbocycles. The average Bonchev–Trinajstić information content (AvgIpc) is 3.09. The number of hydrogen-bond donors (Lipinski definition) is 11. The van der Waals surface area contributed by atoms with E-state index in [9.17, 15) is 29.4 Å². The third-order valence-electron chi connectivity index (χ3n) is 8.60. The Kier molecular flexibility index (Phi) is 15.6. The van der Waals surface area contributed by atoms with Gasteiger partial charge in [0.05, 0.1) is 6.04 Å². The lowest BCUT2D eigenvalue weighted by molar-refractivity contribution is -0.130. The average molecular weight is 696 g/mol. The first-order valence-electron chi connectivity index (χ1n) is 17.0. The monoisotopic (exact) mass is 695 g/mol. The Morgan fingerprint density at radius 2 is 1.56 bits per heavy atom. The lowest BCUT2D eigenvalue weighted by Gasteiger charge is -2.22. The van der Waals surface area contributed by atoms with Gasteiger partial charge in [-0.05, 0) is 105 Å². The lowest BCUT2D eigenvalue weighted by atomic mass is 9.95. The van der Waals surface area contributed by atoms with Crippen molar-refractivity contribution in [2.24, 2.45) is 28.7 Å². The van der Waals surface area contributed by atoms with Gasteiger partial charge in [-0.1, -0.05) is 12.1 Å². The van der Waals surface area contributed by atoms with Gasteiger partial charge in [-0.15, -0.1) is 0 Å². The third-order valence-corrected chi connectivity index (χ3v) is 8.60. The number of benzene rings is 2. The smallest absolute Gasteiger partial charge is 0.268 e. The molecule has 4 bridgehead atoms. The summed E-state index contributed by atoms with van der Waals surface area (Å²) in [6.07, 6.45) is 3.00. The highest BCUT2D eigenvalue weighted by molar-refractivity contribution is 6.05. The summed E-state index contributed by atoms with van der Waals surface area (Å²) in [5, 5.41) is 32.4. The van der Waals surface area contributed by atoms with Crippen LogP contribution in [-0.2, 0) is 25.6 Å². The molecule has 15 nitrogen and oxygen atoms in total. The number of nitrogens with one attached hydrogen (secondary N) is 4. The molecule has 2 aromatic rings. The normalized spacial score (nSPS) is 19.3. The standard InChI is InChI=1S/C35H53N9O6/c1-20-26-16-22(9-11-30(26)46)21-8-10-29(45)23(15-21)17-27(40)33(48)43-28(7-3-13-37)34(49)44-32(20)35(50)41-14-4-6-24(38)18-31(47)42-19-25(39)5-2-12-36/h8-11,15-16,24-25,27-28,45-46H,2-7,12-14,17-19,36-40H2,1H3,(H,41,50)(H,42,47)(H,43,48)(H,44,49)/b32-20-/t24-,25-,27-,28-/m0/s1. The summed E-state index contributed by atoms with van der Waals surface area (Å²) in [4.78, 5) is 52.8. The largest absolute Gasteiger partial charge is 0.508 e. The number of carbonyl (C=O) groups is 4. The Bertz CT molecular complexity index is 1530. The topological polar surface area (TPSA) is 287 Å². The van der Waals surface area contributed by atoms with Crippen molar-refractivity contribution >= 4 is 29.2 Å². The summed E-state index contributed by atoms with van der Waals surface area (Å²) in [6.45, 7) is 2.89. The fourth-order valence-electron chi connectivity index (χ4n) is 5.60. The predicted molar refractivity (Wildman–Crippen MR) is 192 cm³/mol. The van der Waals surface area contributed by atoms with Crippen LogP contribution in [0.4, 0.5) is 0 Å². The molecule has 4 amide bonds. The Balaban J connectivity index is 1.84. The van der Waals surface area contributed by atoms with Crippen LogP contribution in [-0.4, -0.2) is 84.2 Å². The van der Waals surface area contributed by atoms with Gasteiger partial charge in [0.25, 0.3) is 5.91 Å². The minimum Gasteiger partial charge on any atom is -0.508 e. The highest BCUT2D eigenvalue weighted by atomic mass is 16.3. The minimum atomic E-state index is -1.10. The molecular weight excluding hydrogens is 642 g/mol. The van der Waals surface area contributed by atoms with E-state index < -0.39 is 35.8 Å². The Morgan fingerprint density at radius 3 is 2.26 bits per heavy atom. The molecule has 274 valence electrons. The molecule has 1 heterocycles. The SMILES string of the molecule is C/C1=C(\C(=O)NCCC[C@H](N)CC(=O)NC[C@@H](N)CCCN)NC(=O)[C@H](CCCN)NC(=O)[C@@H](N)Cc2cc(ccc2O)-c2ccc(O)c1c2. The minimum absolute atomic E-state index is 0.00958. The molecule has 1 aliphatic heterocycles. The zero-order valence-corrected chi connectivity index (χ0v) is 28.7. The van der Waals surface area contributed by atoms with Crippen molar-refractivity contribution in [3.05, 3.63) is 53.2 Å². The number of carbonyl (C=O) groups excluding carboxylic acids is 4. The maximum atomic E-state index is 13.7. The van der Waals surface area contributed by atoms with Gasteiger partial charge >= 0.3 is 0 Å². The second-order valence-electron chi connectivity index (χ2n) is 12.7. The van der Waals surface area contributed by atoms with Crippen molar-refractivity contribution in [1.29, 1.82) is 0 Å². The highest BCUT2D eigenvalue weighted by Crippen LogP contribution is 2.34. The van der Waals surface area contributed by atoms with E-state index in [0.717, 1.165) is 6.42 Å². The molecule has 0 fully saturated rings.